The molecule has 1 amide bonds. The predicted octanol–water partition coefficient (Wildman–Crippen LogP) is 2.02. The monoisotopic (exact) mass is 265 g/mol. The number of carbonyl (C=O) groups is 2. The molecule has 0 spiro atoms. The Hall–Kier alpha value is -2.04. The summed E-state index contributed by atoms with van der Waals surface area (Å²) in [6, 6.07) is 6.86. The van der Waals surface area contributed by atoms with Crippen molar-refractivity contribution < 1.29 is 19.4 Å². The number of benzene rings is 1. The van der Waals surface area contributed by atoms with Gasteiger partial charge in [-0.05, 0) is 26.0 Å². The number of amides is 1. The molecule has 0 saturated heterocycles. The van der Waals surface area contributed by atoms with Crippen molar-refractivity contribution in [1.82, 2.24) is 4.90 Å². The van der Waals surface area contributed by atoms with Gasteiger partial charge >= 0.3 is 5.97 Å². The summed E-state index contributed by atoms with van der Waals surface area (Å²) in [4.78, 5) is 24.6. The predicted molar refractivity (Wildman–Crippen MR) is 71.4 cm³/mol. The van der Waals surface area contributed by atoms with E-state index in [-0.39, 0.29) is 24.9 Å². The average Bonchev–Trinajstić information content (AvgIpc) is 2.37. The number of nitrogens with zero attached hydrogens (tertiary/aromatic N) is 1. The highest BCUT2D eigenvalue weighted by Crippen LogP contribution is 2.20. The van der Waals surface area contributed by atoms with Crippen molar-refractivity contribution in [2.75, 3.05) is 13.7 Å². The number of ether oxygens (including phenoxy) is 1. The minimum atomic E-state index is -0.918. The first-order valence-corrected chi connectivity index (χ1v) is 6.13. The van der Waals surface area contributed by atoms with Crippen molar-refractivity contribution in [2.45, 2.75) is 26.3 Å². The van der Waals surface area contributed by atoms with E-state index in [0.29, 0.717) is 11.3 Å². The molecule has 0 aliphatic rings. The summed E-state index contributed by atoms with van der Waals surface area (Å²) in [7, 11) is 1.50. The van der Waals surface area contributed by atoms with Crippen LogP contribution < -0.4 is 4.74 Å². The van der Waals surface area contributed by atoms with Crippen molar-refractivity contribution >= 4 is 11.9 Å². The number of aliphatic carboxylic acids is 1. The standard InChI is InChI=1S/C14H19NO4/c1-10(2)15(9-8-13(16)17)14(18)11-6-4-5-7-12(11)19-3/h4-7,10H,8-9H2,1-3H3,(H,16,17). The van der Waals surface area contributed by atoms with E-state index in [2.05, 4.69) is 0 Å². The van der Waals surface area contributed by atoms with Crippen molar-refractivity contribution in [2.24, 2.45) is 0 Å². The third-order valence-electron chi connectivity index (χ3n) is 2.79. The molecule has 5 heteroatoms. The van der Waals surface area contributed by atoms with Crippen LogP contribution in [0.3, 0.4) is 0 Å². The van der Waals surface area contributed by atoms with Crippen molar-refractivity contribution in [1.29, 1.82) is 0 Å². The molecule has 0 radical (unpaired) electrons. The molecule has 0 saturated carbocycles. The second-order valence-electron chi connectivity index (χ2n) is 4.44. The van der Waals surface area contributed by atoms with Gasteiger partial charge in [0.05, 0.1) is 19.1 Å². The van der Waals surface area contributed by atoms with Crippen LogP contribution in [0.2, 0.25) is 0 Å². The number of carboxylic acid groups (broad SMARTS) is 1. The second kappa shape index (κ2) is 6.78. The fourth-order valence-corrected chi connectivity index (χ4v) is 1.79. The summed E-state index contributed by atoms with van der Waals surface area (Å²) in [5.41, 5.74) is 0.448. The van der Waals surface area contributed by atoms with Crippen LogP contribution in [0.25, 0.3) is 0 Å². The highest BCUT2D eigenvalue weighted by molar-refractivity contribution is 5.97. The third kappa shape index (κ3) is 3.98. The van der Waals surface area contributed by atoms with E-state index in [4.69, 9.17) is 9.84 Å². The summed E-state index contributed by atoms with van der Waals surface area (Å²) in [6.07, 6.45) is -0.0704. The van der Waals surface area contributed by atoms with Gasteiger partial charge < -0.3 is 14.7 Å². The lowest BCUT2D eigenvalue weighted by atomic mass is 10.1. The number of para-hydroxylation sites is 1. The van der Waals surface area contributed by atoms with Gasteiger partial charge in [0.1, 0.15) is 5.75 Å². The molecule has 1 rings (SSSR count). The Balaban J connectivity index is 2.95. The summed E-state index contributed by atoms with van der Waals surface area (Å²) in [5, 5.41) is 8.73. The maximum absolute atomic E-state index is 12.4. The lowest BCUT2D eigenvalue weighted by Crippen LogP contribution is -2.38. The van der Waals surface area contributed by atoms with E-state index >= 15 is 0 Å². The fraction of sp³-hybridized carbons (Fsp3) is 0.429. The molecule has 0 atom stereocenters. The molecule has 1 N–H and O–H groups in total. The van der Waals surface area contributed by atoms with Crippen molar-refractivity contribution in [3.05, 3.63) is 29.8 Å². The number of hydrogen-bond acceptors (Lipinski definition) is 3. The van der Waals surface area contributed by atoms with E-state index in [1.165, 1.54) is 12.0 Å². The minimum Gasteiger partial charge on any atom is -0.496 e. The third-order valence-corrected chi connectivity index (χ3v) is 2.79. The number of carbonyl (C=O) groups excluding carboxylic acids is 1. The van der Waals surface area contributed by atoms with Crippen LogP contribution in [0.5, 0.6) is 5.75 Å². The van der Waals surface area contributed by atoms with E-state index in [9.17, 15) is 9.59 Å². The summed E-state index contributed by atoms with van der Waals surface area (Å²) in [5.74, 6) is -0.638. The lowest BCUT2D eigenvalue weighted by molar-refractivity contribution is -0.137. The largest absolute Gasteiger partial charge is 0.496 e. The van der Waals surface area contributed by atoms with E-state index in [0.717, 1.165) is 0 Å². The van der Waals surface area contributed by atoms with Crippen molar-refractivity contribution in [3.8, 4) is 5.75 Å². The molecule has 104 valence electrons. The minimum absolute atomic E-state index is 0.0704. The Kier molecular flexibility index (Phi) is 5.36. The first-order valence-electron chi connectivity index (χ1n) is 6.13. The van der Waals surface area contributed by atoms with Gasteiger partial charge in [-0.25, -0.2) is 0 Å². The molecule has 1 aromatic carbocycles. The second-order valence-corrected chi connectivity index (χ2v) is 4.44. The number of methoxy groups -OCH3 is 1. The van der Waals surface area contributed by atoms with Crippen molar-refractivity contribution in [3.63, 3.8) is 0 Å². The zero-order chi connectivity index (χ0) is 14.4. The lowest BCUT2D eigenvalue weighted by Gasteiger charge is -2.26. The van der Waals surface area contributed by atoms with Gasteiger partial charge in [0.2, 0.25) is 0 Å². The van der Waals surface area contributed by atoms with Crippen LogP contribution in [-0.4, -0.2) is 41.6 Å². The van der Waals surface area contributed by atoms with Crippen LogP contribution in [-0.2, 0) is 4.79 Å². The Labute approximate surface area is 112 Å². The van der Waals surface area contributed by atoms with Gasteiger partial charge in [0, 0.05) is 12.6 Å². The molecule has 0 aliphatic carbocycles. The highest BCUT2D eigenvalue weighted by Gasteiger charge is 2.22. The van der Waals surface area contributed by atoms with E-state index in [1.807, 2.05) is 13.8 Å². The van der Waals surface area contributed by atoms with Gasteiger partial charge in [0.25, 0.3) is 5.91 Å². The number of hydrogen-bond donors (Lipinski definition) is 1. The topological polar surface area (TPSA) is 66.8 Å². The zero-order valence-electron chi connectivity index (χ0n) is 11.4. The Morgan fingerprint density at radius 3 is 2.47 bits per heavy atom. The van der Waals surface area contributed by atoms with Gasteiger partial charge in [-0.2, -0.15) is 0 Å². The first kappa shape index (κ1) is 15.0. The normalized spacial score (nSPS) is 10.3. The highest BCUT2D eigenvalue weighted by atomic mass is 16.5. The Morgan fingerprint density at radius 1 is 1.32 bits per heavy atom. The van der Waals surface area contributed by atoms with E-state index < -0.39 is 5.97 Å². The Morgan fingerprint density at radius 2 is 1.95 bits per heavy atom. The Bertz CT molecular complexity index is 457. The summed E-state index contributed by atoms with van der Waals surface area (Å²) < 4.78 is 5.16. The fourth-order valence-electron chi connectivity index (χ4n) is 1.79. The molecule has 0 heterocycles. The molecule has 5 nitrogen and oxygen atoms in total. The van der Waals surface area contributed by atoms with Crippen LogP contribution in [0, 0.1) is 0 Å². The molecular formula is C14H19NO4. The van der Waals surface area contributed by atoms with E-state index in [1.54, 1.807) is 24.3 Å². The van der Waals surface area contributed by atoms with Crippen LogP contribution >= 0.6 is 0 Å². The maximum atomic E-state index is 12.4. The quantitative estimate of drug-likeness (QED) is 0.854. The molecular weight excluding hydrogens is 246 g/mol. The SMILES string of the molecule is COc1ccccc1C(=O)N(CCC(=O)O)C(C)C. The molecule has 0 aliphatic heterocycles. The summed E-state index contributed by atoms with van der Waals surface area (Å²) >= 11 is 0. The molecule has 0 aromatic heterocycles. The molecule has 1 aromatic rings. The number of rotatable bonds is 6. The maximum Gasteiger partial charge on any atom is 0.305 e. The van der Waals surface area contributed by atoms with Crippen LogP contribution in [0.15, 0.2) is 24.3 Å². The molecule has 0 fully saturated rings. The molecule has 0 bridgehead atoms. The van der Waals surface area contributed by atoms with Crippen LogP contribution in [0.4, 0.5) is 0 Å². The van der Waals surface area contributed by atoms with Gasteiger partial charge in [0.15, 0.2) is 0 Å². The van der Waals surface area contributed by atoms with Gasteiger partial charge in [-0.15, -0.1) is 0 Å². The van der Waals surface area contributed by atoms with Gasteiger partial charge in [-0.1, -0.05) is 12.1 Å². The first-order chi connectivity index (χ1) is 8.97. The van der Waals surface area contributed by atoms with Crippen LogP contribution in [0.1, 0.15) is 30.6 Å². The van der Waals surface area contributed by atoms with Gasteiger partial charge in [-0.3, -0.25) is 9.59 Å². The molecule has 19 heavy (non-hydrogen) atoms. The molecule has 0 unspecified atom stereocenters. The zero-order valence-corrected chi connectivity index (χ0v) is 11.4. The number of carboxylic acids is 1. The summed E-state index contributed by atoms with van der Waals surface area (Å²) in [6.45, 7) is 3.90. The average molecular weight is 265 g/mol. The smallest absolute Gasteiger partial charge is 0.305 e.